The minimum Gasteiger partial charge on any atom is -0.308 e. The standard InChI is InChI=1S/C8H11F2NO/c9-8(10)5-7(11-6-8)3-1-2-4-12/h1-2,4,7,11H,3,5-6H2/b2-1+. The van der Waals surface area contributed by atoms with Gasteiger partial charge in [0.25, 0.3) is 5.92 Å². The van der Waals surface area contributed by atoms with Gasteiger partial charge in [0.2, 0.25) is 0 Å². The van der Waals surface area contributed by atoms with E-state index in [9.17, 15) is 13.6 Å². The predicted octanol–water partition coefficient (Wildman–Crippen LogP) is 1.13. The third-order valence-electron chi connectivity index (χ3n) is 1.83. The molecule has 1 atom stereocenters. The molecule has 1 rings (SSSR count). The molecule has 1 fully saturated rings. The van der Waals surface area contributed by atoms with Crippen LogP contribution in [0.15, 0.2) is 12.2 Å². The number of alkyl halides is 2. The van der Waals surface area contributed by atoms with Crippen LogP contribution >= 0.6 is 0 Å². The summed E-state index contributed by atoms with van der Waals surface area (Å²) in [6.45, 7) is -0.243. The zero-order chi connectivity index (χ0) is 9.03. The van der Waals surface area contributed by atoms with Crippen molar-refractivity contribution < 1.29 is 13.6 Å². The molecule has 12 heavy (non-hydrogen) atoms. The molecule has 68 valence electrons. The van der Waals surface area contributed by atoms with Gasteiger partial charge in [-0.15, -0.1) is 0 Å². The van der Waals surface area contributed by atoms with E-state index in [1.165, 1.54) is 6.08 Å². The Morgan fingerprint density at radius 2 is 2.33 bits per heavy atom. The Hall–Kier alpha value is -0.770. The first-order valence-corrected chi connectivity index (χ1v) is 3.85. The van der Waals surface area contributed by atoms with E-state index >= 15 is 0 Å². The van der Waals surface area contributed by atoms with Gasteiger partial charge < -0.3 is 5.32 Å². The lowest BCUT2D eigenvalue weighted by molar-refractivity contribution is -0.104. The summed E-state index contributed by atoms with van der Waals surface area (Å²) in [4.78, 5) is 9.85. The molecule has 1 aliphatic heterocycles. The lowest BCUT2D eigenvalue weighted by Crippen LogP contribution is -2.21. The minimum atomic E-state index is -2.57. The van der Waals surface area contributed by atoms with Gasteiger partial charge in [-0.2, -0.15) is 0 Å². The molecule has 1 aliphatic rings. The van der Waals surface area contributed by atoms with E-state index in [0.29, 0.717) is 12.7 Å². The molecule has 0 aromatic carbocycles. The highest BCUT2D eigenvalue weighted by Gasteiger charge is 2.38. The van der Waals surface area contributed by atoms with E-state index in [0.717, 1.165) is 0 Å². The number of halogens is 2. The lowest BCUT2D eigenvalue weighted by Gasteiger charge is -2.05. The molecular weight excluding hydrogens is 164 g/mol. The van der Waals surface area contributed by atoms with Gasteiger partial charge in [0.05, 0.1) is 6.54 Å². The maximum Gasteiger partial charge on any atom is 0.261 e. The van der Waals surface area contributed by atoms with Crippen LogP contribution in [0.25, 0.3) is 0 Å². The highest BCUT2D eigenvalue weighted by Crippen LogP contribution is 2.26. The number of nitrogens with one attached hydrogen (secondary N) is 1. The fraction of sp³-hybridized carbons (Fsp3) is 0.625. The summed E-state index contributed by atoms with van der Waals surface area (Å²) >= 11 is 0. The van der Waals surface area contributed by atoms with E-state index in [2.05, 4.69) is 5.32 Å². The van der Waals surface area contributed by atoms with Crippen LogP contribution in [0.3, 0.4) is 0 Å². The van der Waals surface area contributed by atoms with Gasteiger partial charge in [-0.1, -0.05) is 6.08 Å². The molecule has 0 aliphatic carbocycles. The molecule has 0 saturated carbocycles. The summed E-state index contributed by atoms with van der Waals surface area (Å²) in [5.74, 6) is -2.57. The van der Waals surface area contributed by atoms with Crippen LogP contribution in [0.4, 0.5) is 8.78 Å². The summed E-state index contributed by atoms with van der Waals surface area (Å²) < 4.78 is 25.1. The Kier molecular flexibility index (Phi) is 2.92. The van der Waals surface area contributed by atoms with Crippen LogP contribution in [0.2, 0.25) is 0 Å². The first kappa shape index (κ1) is 9.32. The maximum absolute atomic E-state index is 12.5. The Balaban J connectivity index is 2.28. The fourth-order valence-electron chi connectivity index (χ4n) is 1.26. The summed E-state index contributed by atoms with van der Waals surface area (Å²) in [6, 6.07) is -0.184. The molecule has 1 saturated heterocycles. The van der Waals surface area contributed by atoms with Gasteiger partial charge in [-0.25, -0.2) is 8.78 Å². The van der Waals surface area contributed by atoms with Gasteiger partial charge in [0, 0.05) is 12.5 Å². The number of hydrogen-bond donors (Lipinski definition) is 1. The minimum absolute atomic E-state index is 0.129. The van der Waals surface area contributed by atoms with E-state index in [4.69, 9.17) is 0 Å². The largest absolute Gasteiger partial charge is 0.308 e. The number of carbonyl (C=O) groups excluding carboxylic acids is 1. The van der Waals surface area contributed by atoms with Crippen molar-refractivity contribution in [1.29, 1.82) is 0 Å². The van der Waals surface area contributed by atoms with Crippen molar-refractivity contribution in [2.45, 2.75) is 24.8 Å². The van der Waals surface area contributed by atoms with Crippen molar-refractivity contribution in [3.8, 4) is 0 Å². The van der Waals surface area contributed by atoms with Crippen molar-refractivity contribution in [2.24, 2.45) is 0 Å². The topological polar surface area (TPSA) is 29.1 Å². The molecule has 0 bridgehead atoms. The van der Waals surface area contributed by atoms with E-state index in [-0.39, 0.29) is 19.0 Å². The predicted molar refractivity (Wildman–Crippen MR) is 41.2 cm³/mol. The third kappa shape index (κ3) is 2.70. The molecule has 0 radical (unpaired) electrons. The Labute approximate surface area is 69.6 Å². The molecular formula is C8H11F2NO. The number of rotatable bonds is 3. The molecule has 4 heteroatoms. The zero-order valence-electron chi connectivity index (χ0n) is 6.59. The smallest absolute Gasteiger partial charge is 0.261 e. The van der Waals surface area contributed by atoms with Crippen molar-refractivity contribution in [3.05, 3.63) is 12.2 Å². The fourth-order valence-corrected chi connectivity index (χ4v) is 1.26. The molecule has 0 amide bonds. The van der Waals surface area contributed by atoms with Crippen LogP contribution in [-0.4, -0.2) is 24.8 Å². The van der Waals surface area contributed by atoms with Gasteiger partial charge in [0.1, 0.15) is 6.29 Å². The lowest BCUT2D eigenvalue weighted by atomic mass is 10.1. The van der Waals surface area contributed by atoms with Crippen LogP contribution in [0.5, 0.6) is 0 Å². The quantitative estimate of drug-likeness (QED) is 0.514. The van der Waals surface area contributed by atoms with Crippen molar-refractivity contribution >= 4 is 6.29 Å². The van der Waals surface area contributed by atoms with Crippen LogP contribution in [-0.2, 0) is 4.79 Å². The number of carbonyl (C=O) groups is 1. The van der Waals surface area contributed by atoms with E-state index in [1.807, 2.05) is 0 Å². The summed E-state index contributed by atoms with van der Waals surface area (Å²) in [7, 11) is 0. The molecule has 1 heterocycles. The summed E-state index contributed by atoms with van der Waals surface area (Å²) in [6.07, 6.45) is 3.95. The molecule has 1 unspecified atom stereocenters. The van der Waals surface area contributed by atoms with Crippen molar-refractivity contribution in [2.75, 3.05) is 6.54 Å². The SMILES string of the molecule is O=C/C=C/CC1CC(F)(F)CN1. The highest BCUT2D eigenvalue weighted by atomic mass is 19.3. The molecule has 0 aromatic heterocycles. The second-order valence-electron chi connectivity index (χ2n) is 2.94. The van der Waals surface area contributed by atoms with Crippen LogP contribution < -0.4 is 5.32 Å². The molecule has 2 nitrogen and oxygen atoms in total. The average Bonchev–Trinajstić information content (AvgIpc) is 2.31. The normalized spacial score (nSPS) is 28.0. The first-order valence-electron chi connectivity index (χ1n) is 3.85. The van der Waals surface area contributed by atoms with Crippen molar-refractivity contribution in [1.82, 2.24) is 5.32 Å². The average molecular weight is 175 g/mol. The van der Waals surface area contributed by atoms with E-state index < -0.39 is 5.92 Å². The summed E-state index contributed by atoms with van der Waals surface area (Å²) in [5.41, 5.74) is 0. The van der Waals surface area contributed by atoms with E-state index in [1.54, 1.807) is 6.08 Å². The highest BCUT2D eigenvalue weighted by molar-refractivity contribution is 5.64. The zero-order valence-corrected chi connectivity index (χ0v) is 6.59. The maximum atomic E-state index is 12.5. The van der Waals surface area contributed by atoms with Gasteiger partial charge in [-0.05, 0) is 12.5 Å². The number of aldehydes is 1. The van der Waals surface area contributed by atoms with Crippen LogP contribution in [0, 0.1) is 0 Å². The Morgan fingerprint density at radius 1 is 1.58 bits per heavy atom. The Morgan fingerprint density at radius 3 is 2.83 bits per heavy atom. The molecule has 0 spiro atoms. The number of hydrogen-bond acceptors (Lipinski definition) is 2. The number of allylic oxidation sites excluding steroid dienone is 1. The van der Waals surface area contributed by atoms with Gasteiger partial charge >= 0.3 is 0 Å². The monoisotopic (exact) mass is 175 g/mol. The first-order chi connectivity index (χ1) is 5.64. The second-order valence-corrected chi connectivity index (χ2v) is 2.94. The molecule has 1 N–H and O–H groups in total. The van der Waals surface area contributed by atoms with Gasteiger partial charge in [0.15, 0.2) is 0 Å². The second kappa shape index (κ2) is 3.76. The third-order valence-corrected chi connectivity index (χ3v) is 1.83. The van der Waals surface area contributed by atoms with Crippen molar-refractivity contribution in [3.63, 3.8) is 0 Å². The summed E-state index contributed by atoms with van der Waals surface area (Å²) in [5, 5.41) is 2.69. The Bertz CT molecular complexity index is 191. The van der Waals surface area contributed by atoms with Gasteiger partial charge in [-0.3, -0.25) is 4.79 Å². The van der Waals surface area contributed by atoms with Crippen LogP contribution in [0.1, 0.15) is 12.8 Å². The molecule has 0 aromatic rings.